The molecular weight excluding hydrogens is 326 g/mol. The van der Waals surface area contributed by atoms with Crippen molar-refractivity contribution in [2.45, 2.75) is 18.9 Å². The Morgan fingerprint density at radius 1 is 0.920 bits per heavy atom. The second-order valence-electron chi connectivity index (χ2n) is 6.09. The van der Waals surface area contributed by atoms with Crippen molar-refractivity contribution < 1.29 is 18.4 Å². The minimum atomic E-state index is -0.599. The van der Waals surface area contributed by atoms with Gasteiger partial charge >= 0.3 is 0 Å². The van der Waals surface area contributed by atoms with E-state index in [4.69, 9.17) is 0 Å². The zero-order valence-electron chi connectivity index (χ0n) is 13.5. The Labute approximate surface area is 144 Å². The summed E-state index contributed by atoms with van der Waals surface area (Å²) < 4.78 is 27.4. The Hall–Kier alpha value is -2.76. The van der Waals surface area contributed by atoms with Gasteiger partial charge in [0.05, 0.1) is 11.1 Å². The van der Waals surface area contributed by atoms with Crippen molar-refractivity contribution in [1.29, 1.82) is 0 Å². The summed E-state index contributed by atoms with van der Waals surface area (Å²) in [6.45, 7) is 0.165. The number of halogens is 2. The minimum absolute atomic E-state index is 0.0337. The fraction of sp³-hybridized carbons (Fsp3) is 0.263. The third-order valence-corrected chi connectivity index (χ3v) is 4.23. The first-order valence-corrected chi connectivity index (χ1v) is 8.14. The van der Waals surface area contributed by atoms with Crippen molar-refractivity contribution in [2.24, 2.45) is 5.92 Å². The number of carbonyl (C=O) groups is 2. The molecule has 0 saturated heterocycles. The lowest BCUT2D eigenvalue weighted by molar-refractivity contribution is 0.0899. The second-order valence-corrected chi connectivity index (χ2v) is 6.09. The fourth-order valence-corrected chi connectivity index (χ4v) is 2.67. The number of hydrogen-bond acceptors (Lipinski definition) is 2. The highest BCUT2D eigenvalue weighted by atomic mass is 19.1. The van der Waals surface area contributed by atoms with Crippen molar-refractivity contribution in [3.63, 3.8) is 0 Å². The van der Waals surface area contributed by atoms with Crippen LogP contribution in [0, 0.1) is 17.6 Å². The first kappa shape index (κ1) is 17.1. The lowest BCUT2D eigenvalue weighted by Gasteiger charge is -2.19. The van der Waals surface area contributed by atoms with E-state index < -0.39 is 23.4 Å². The lowest BCUT2D eigenvalue weighted by Crippen LogP contribution is -2.45. The smallest absolute Gasteiger partial charge is 0.254 e. The van der Waals surface area contributed by atoms with Gasteiger partial charge in [0.2, 0.25) is 0 Å². The van der Waals surface area contributed by atoms with Crippen LogP contribution in [-0.2, 0) is 0 Å². The summed E-state index contributed by atoms with van der Waals surface area (Å²) in [7, 11) is 0. The maximum atomic E-state index is 13.7. The van der Waals surface area contributed by atoms with Gasteiger partial charge < -0.3 is 10.6 Å². The van der Waals surface area contributed by atoms with Crippen LogP contribution in [0.3, 0.4) is 0 Å². The Morgan fingerprint density at radius 3 is 1.96 bits per heavy atom. The van der Waals surface area contributed by atoms with Crippen LogP contribution < -0.4 is 10.6 Å². The molecule has 1 saturated carbocycles. The number of benzene rings is 2. The van der Waals surface area contributed by atoms with Gasteiger partial charge in [-0.05, 0) is 43.0 Å². The van der Waals surface area contributed by atoms with Crippen molar-refractivity contribution in [3.8, 4) is 0 Å². The third kappa shape index (κ3) is 4.21. The van der Waals surface area contributed by atoms with Gasteiger partial charge in [0.25, 0.3) is 11.8 Å². The number of rotatable bonds is 6. The van der Waals surface area contributed by atoms with Crippen LogP contribution in [0.1, 0.15) is 33.6 Å². The molecule has 1 aliphatic rings. The molecule has 4 nitrogen and oxygen atoms in total. The largest absolute Gasteiger partial charge is 0.350 e. The molecule has 0 heterocycles. The zero-order chi connectivity index (χ0) is 17.8. The second kappa shape index (κ2) is 7.42. The van der Waals surface area contributed by atoms with Gasteiger partial charge in [-0.3, -0.25) is 9.59 Å². The highest BCUT2D eigenvalue weighted by molar-refractivity contribution is 5.95. The summed E-state index contributed by atoms with van der Waals surface area (Å²) in [5.41, 5.74) is -0.0777. The normalized spacial score (nSPS) is 14.6. The first-order chi connectivity index (χ1) is 12.1. The average Bonchev–Trinajstić information content (AvgIpc) is 3.44. The van der Waals surface area contributed by atoms with E-state index in [0.29, 0.717) is 0 Å². The quantitative estimate of drug-likeness (QED) is 0.847. The number of nitrogens with one attached hydrogen (secondary N) is 2. The van der Waals surface area contributed by atoms with E-state index in [1.807, 2.05) is 0 Å². The minimum Gasteiger partial charge on any atom is -0.350 e. The van der Waals surface area contributed by atoms with Crippen molar-refractivity contribution in [2.75, 3.05) is 6.54 Å². The van der Waals surface area contributed by atoms with Crippen LogP contribution >= 0.6 is 0 Å². The highest BCUT2D eigenvalue weighted by Crippen LogP contribution is 2.32. The SMILES string of the molecule is O=C(NCC(NC(=O)c1ccccc1F)C1CC1)c1ccccc1F. The molecule has 2 aromatic rings. The lowest BCUT2D eigenvalue weighted by atomic mass is 10.1. The molecule has 6 heteroatoms. The molecule has 2 aromatic carbocycles. The molecule has 0 aliphatic heterocycles. The maximum Gasteiger partial charge on any atom is 0.254 e. The maximum absolute atomic E-state index is 13.7. The first-order valence-electron chi connectivity index (χ1n) is 8.14. The zero-order valence-corrected chi connectivity index (χ0v) is 13.5. The monoisotopic (exact) mass is 344 g/mol. The van der Waals surface area contributed by atoms with Gasteiger partial charge in [0.1, 0.15) is 11.6 Å². The van der Waals surface area contributed by atoms with E-state index >= 15 is 0 Å². The van der Waals surface area contributed by atoms with Gasteiger partial charge in [-0.2, -0.15) is 0 Å². The van der Waals surface area contributed by atoms with E-state index in [1.54, 1.807) is 12.1 Å². The Morgan fingerprint density at radius 2 is 1.44 bits per heavy atom. The fourth-order valence-electron chi connectivity index (χ4n) is 2.67. The molecule has 1 aliphatic carbocycles. The Bertz CT molecular complexity index is 790. The molecule has 130 valence electrons. The van der Waals surface area contributed by atoms with E-state index in [0.717, 1.165) is 12.8 Å². The van der Waals surface area contributed by atoms with Crippen LogP contribution in [0.4, 0.5) is 8.78 Å². The summed E-state index contributed by atoms with van der Waals surface area (Å²) in [4.78, 5) is 24.4. The molecule has 2 N–H and O–H groups in total. The molecule has 1 unspecified atom stereocenters. The van der Waals surface area contributed by atoms with Crippen LogP contribution in [0.5, 0.6) is 0 Å². The topological polar surface area (TPSA) is 58.2 Å². The summed E-state index contributed by atoms with van der Waals surface area (Å²) >= 11 is 0. The van der Waals surface area contributed by atoms with Gasteiger partial charge in [-0.1, -0.05) is 24.3 Å². The summed E-state index contributed by atoms with van der Waals surface area (Å²) in [6.07, 6.45) is 1.86. The molecular formula is C19H18F2N2O2. The van der Waals surface area contributed by atoms with Gasteiger partial charge in [0.15, 0.2) is 0 Å². The highest BCUT2D eigenvalue weighted by Gasteiger charge is 2.33. The molecule has 0 aromatic heterocycles. The van der Waals surface area contributed by atoms with Crippen LogP contribution in [0.15, 0.2) is 48.5 Å². The Balaban J connectivity index is 1.63. The summed E-state index contributed by atoms with van der Waals surface area (Å²) in [5, 5.41) is 5.42. The molecule has 0 spiro atoms. The van der Waals surface area contributed by atoms with Gasteiger partial charge in [0, 0.05) is 12.6 Å². The van der Waals surface area contributed by atoms with Gasteiger partial charge in [-0.15, -0.1) is 0 Å². The van der Waals surface area contributed by atoms with Crippen molar-refractivity contribution in [1.82, 2.24) is 10.6 Å². The van der Waals surface area contributed by atoms with Crippen molar-refractivity contribution >= 4 is 11.8 Å². The predicted molar refractivity (Wildman–Crippen MR) is 89.1 cm³/mol. The number of amides is 2. The van der Waals surface area contributed by atoms with E-state index in [2.05, 4.69) is 10.6 Å². The third-order valence-electron chi connectivity index (χ3n) is 4.23. The molecule has 0 radical (unpaired) electrons. The molecule has 3 rings (SSSR count). The Kier molecular flexibility index (Phi) is 5.07. The molecule has 1 atom stereocenters. The van der Waals surface area contributed by atoms with Gasteiger partial charge in [-0.25, -0.2) is 8.78 Å². The van der Waals surface area contributed by atoms with E-state index in [-0.39, 0.29) is 29.6 Å². The summed E-state index contributed by atoms with van der Waals surface area (Å²) in [6, 6.07) is 11.1. The standard InChI is InChI=1S/C19H18F2N2O2/c20-15-7-3-1-5-13(15)18(24)22-11-17(12-9-10-12)23-19(25)14-6-2-4-8-16(14)21/h1-8,12,17H,9-11H2,(H,22,24)(H,23,25). The molecule has 1 fully saturated rings. The van der Waals surface area contributed by atoms with Crippen molar-refractivity contribution in [3.05, 3.63) is 71.3 Å². The molecule has 2 amide bonds. The van der Waals surface area contributed by atoms with E-state index in [9.17, 15) is 18.4 Å². The van der Waals surface area contributed by atoms with Crippen LogP contribution in [0.2, 0.25) is 0 Å². The van der Waals surface area contributed by atoms with E-state index in [1.165, 1.54) is 36.4 Å². The average molecular weight is 344 g/mol. The molecule has 25 heavy (non-hydrogen) atoms. The number of hydrogen-bond donors (Lipinski definition) is 2. The molecule has 0 bridgehead atoms. The van der Waals surface area contributed by atoms with Crippen LogP contribution in [0.25, 0.3) is 0 Å². The predicted octanol–water partition coefficient (Wildman–Crippen LogP) is 2.90. The van der Waals surface area contributed by atoms with Crippen LogP contribution in [-0.4, -0.2) is 24.4 Å². The number of carbonyl (C=O) groups excluding carboxylic acids is 2. The summed E-state index contributed by atoms with van der Waals surface area (Å²) in [5.74, 6) is -2.01.